The normalized spacial score (nSPS) is 22.4. The van der Waals surface area contributed by atoms with Crippen LogP contribution in [0.1, 0.15) is 41.0 Å². The molecule has 0 heterocycles. The summed E-state index contributed by atoms with van der Waals surface area (Å²) in [6.07, 6.45) is 2.55. The first kappa shape index (κ1) is 17.5. The fraction of sp³-hybridized carbons (Fsp3) is 0.364. The molecule has 3 heteroatoms. The Morgan fingerprint density at radius 2 is 1.84 bits per heavy atom. The minimum absolute atomic E-state index is 0.0650. The number of aliphatic hydroxyl groups excluding tert-OH is 1. The summed E-state index contributed by atoms with van der Waals surface area (Å²) >= 11 is 0. The predicted molar refractivity (Wildman–Crippen MR) is 98.4 cm³/mol. The van der Waals surface area contributed by atoms with Crippen molar-refractivity contribution in [1.29, 1.82) is 0 Å². The largest absolute Gasteiger partial charge is 0.488 e. The number of ether oxygens (including phenoxy) is 1. The zero-order valence-electron chi connectivity index (χ0n) is 14.7. The van der Waals surface area contributed by atoms with Crippen LogP contribution in [0.2, 0.25) is 0 Å². The lowest BCUT2D eigenvalue weighted by molar-refractivity contribution is 0.162. The van der Waals surface area contributed by atoms with Crippen molar-refractivity contribution in [2.45, 2.75) is 45.3 Å². The molecule has 0 saturated heterocycles. The predicted octanol–water partition coefficient (Wildman–Crippen LogP) is 4.12. The Balaban J connectivity index is 1.77. The Morgan fingerprint density at radius 3 is 2.48 bits per heavy atom. The molecule has 0 radical (unpaired) electrons. The fourth-order valence-corrected chi connectivity index (χ4v) is 3.80. The molecule has 0 bridgehead atoms. The van der Waals surface area contributed by atoms with Gasteiger partial charge in [-0.15, -0.1) is 0 Å². The highest BCUT2D eigenvalue weighted by molar-refractivity contribution is 5.47. The average molecular weight is 336 g/mol. The van der Waals surface area contributed by atoms with Gasteiger partial charge in [-0.2, -0.15) is 0 Å². The summed E-state index contributed by atoms with van der Waals surface area (Å²) in [5.41, 5.74) is 4.41. The standard InChI is InChI=1S/C22H24O3/c1-15-10-19(20-12-18(8-9-23)13-21(20)24)11-16(2)22(15)25-14-17-6-4-3-5-7-17/h3-8,10-11,18,20-21,24H,12-14H2,1-2H3. The Kier molecular flexibility index (Phi) is 5.37. The maximum atomic E-state index is 10.6. The van der Waals surface area contributed by atoms with Gasteiger partial charge in [0.05, 0.1) is 6.10 Å². The molecule has 1 aliphatic carbocycles. The zero-order chi connectivity index (χ0) is 17.8. The SMILES string of the molecule is Cc1cc(C2CC(C=C=O)CC2O)cc(C)c1OCc1ccccc1. The molecule has 2 aromatic carbocycles. The number of hydrogen-bond donors (Lipinski definition) is 1. The molecule has 3 atom stereocenters. The second kappa shape index (κ2) is 7.69. The molecular formula is C22H24O3. The molecule has 0 spiro atoms. The van der Waals surface area contributed by atoms with E-state index < -0.39 is 6.10 Å². The molecule has 0 amide bonds. The summed E-state index contributed by atoms with van der Waals surface area (Å²) in [4.78, 5) is 10.6. The highest BCUT2D eigenvalue weighted by Crippen LogP contribution is 2.41. The third-order valence-electron chi connectivity index (χ3n) is 5.01. The number of aliphatic hydroxyl groups is 1. The van der Waals surface area contributed by atoms with Crippen molar-refractivity contribution in [3.05, 3.63) is 70.8 Å². The second-order valence-corrected chi connectivity index (χ2v) is 6.95. The quantitative estimate of drug-likeness (QED) is 0.835. The van der Waals surface area contributed by atoms with Gasteiger partial charge in [-0.3, -0.25) is 0 Å². The van der Waals surface area contributed by atoms with Crippen molar-refractivity contribution in [3.63, 3.8) is 0 Å². The molecule has 0 aromatic heterocycles. The van der Waals surface area contributed by atoms with Crippen LogP contribution in [-0.2, 0) is 11.4 Å². The van der Waals surface area contributed by atoms with Crippen molar-refractivity contribution in [2.75, 3.05) is 0 Å². The van der Waals surface area contributed by atoms with Crippen LogP contribution in [0, 0.1) is 19.8 Å². The molecule has 1 N–H and O–H groups in total. The van der Waals surface area contributed by atoms with E-state index in [0.29, 0.717) is 13.0 Å². The van der Waals surface area contributed by atoms with Gasteiger partial charge in [0.1, 0.15) is 18.3 Å². The lowest BCUT2D eigenvalue weighted by atomic mass is 9.91. The third kappa shape index (κ3) is 4.01. The Labute approximate surface area is 149 Å². The van der Waals surface area contributed by atoms with Gasteiger partial charge in [0.25, 0.3) is 0 Å². The summed E-state index contributed by atoms with van der Waals surface area (Å²) in [7, 11) is 0. The smallest absolute Gasteiger partial charge is 0.125 e. The highest BCUT2D eigenvalue weighted by Gasteiger charge is 2.33. The van der Waals surface area contributed by atoms with Crippen molar-refractivity contribution in [2.24, 2.45) is 5.92 Å². The minimum atomic E-state index is -0.413. The van der Waals surface area contributed by atoms with E-state index in [1.165, 1.54) is 0 Å². The minimum Gasteiger partial charge on any atom is -0.488 e. The molecule has 1 saturated carbocycles. The van der Waals surface area contributed by atoms with Crippen molar-refractivity contribution in [3.8, 4) is 5.75 Å². The van der Waals surface area contributed by atoms with Gasteiger partial charge in [0, 0.05) is 12.0 Å². The Bertz CT molecular complexity index is 752. The molecule has 0 aliphatic heterocycles. The van der Waals surface area contributed by atoms with E-state index >= 15 is 0 Å². The molecule has 3 rings (SSSR count). The van der Waals surface area contributed by atoms with Crippen LogP contribution in [0.4, 0.5) is 0 Å². The van der Waals surface area contributed by atoms with E-state index in [9.17, 15) is 9.90 Å². The monoisotopic (exact) mass is 336 g/mol. The Morgan fingerprint density at radius 1 is 1.16 bits per heavy atom. The number of aryl methyl sites for hydroxylation is 2. The summed E-state index contributed by atoms with van der Waals surface area (Å²) in [5, 5.41) is 10.4. The van der Waals surface area contributed by atoms with Gasteiger partial charge in [-0.1, -0.05) is 42.5 Å². The van der Waals surface area contributed by atoms with E-state index in [4.69, 9.17) is 4.74 Å². The molecule has 2 aromatic rings. The summed E-state index contributed by atoms with van der Waals surface area (Å²) in [6.45, 7) is 4.63. The molecule has 130 valence electrons. The first-order valence-corrected chi connectivity index (χ1v) is 8.75. The van der Waals surface area contributed by atoms with Gasteiger partial charge in [0.2, 0.25) is 0 Å². The van der Waals surface area contributed by atoms with Gasteiger partial charge in [0.15, 0.2) is 0 Å². The van der Waals surface area contributed by atoms with E-state index in [1.807, 2.05) is 38.0 Å². The first-order chi connectivity index (χ1) is 12.1. The molecule has 3 unspecified atom stereocenters. The molecule has 1 fully saturated rings. The van der Waals surface area contributed by atoms with Gasteiger partial charge >= 0.3 is 0 Å². The van der Waals surface area contributed by atoms with Crippen molar-refractivity contribution >= 4 is 5.94 Å². The maximum absolute atomic E-state index is 10.6. The summed E-state index contributed by atoms with van der Waals surface area (Å²) in [5.74, 6) is 2.95. The lowest BCUT2D eigenvalue weighted by Gasteiger charge is -2.19. The summed E-state index contributed by atoms with van der Waals surface area (Å²) in [6, 6.07) is 14.3. The second-order valence-electron chi connectivity index (χ2n) is 6.95. The van der Waals surface area contributed by atoms with Crippen LogP contribution in [-0.4, -0.2) is 17.2 Å². The molecular weight excluding hydrogens is 312 g/mol. The number of hydrogen-bond acceptors (Lipinski definition) is 3. The van der Waals surface area contributed by atoms with Crippen molar-refractivity contribution in [1.82, 2.24) is 0 Å². The number of rotatable bonds is 5. The number of carbonyl (C=O) groups excluding carboxylic acids is 1. The van der Waals surface area contributed by atoms with Crippen LogP contribution in [0.15, 0.2) is 48.5 Å². The van der Waals surface area contributed by atoms with Gasteiger partial charge < -0.3 is 9.84 Å². The maximum Gasteiger partial charge on any atom is 0.125 e. The van der Waals surface area contributed by atoms with Crippen LogP contribution in [0.25, 0.3) is 0 Å². The van der Waals surface area contributed by atoms with Crippen LogP contribution in [0.5, 0.6) is 5.75 Å². The first-order valence-electron chi connectivity index (χ1n) is 8.75. The highest BCUT2D eigenvalue weighted by atomic mass is 16.5. The Hall–Kier alpha value is -2.35. The van der Waals surface area contributed by atoms with E-state index in [0.717, 1.165) is 34.4 Å². The van der Waals surface area contributed by atoms with Crippen LogP contribution >= 0.6 is 0 Å². The molecule has 3 nitrogen and oxygen atoms in total. The van der Waals surface area contributed by atoms with Crippen LogP contribution < -0.4 is 4.74 Å². The summed E-state index contributed by atoms with van der Waals surface area (Å²) < 4.78 is 6.04. The molecule has 25 heavy (non-hydrogen) atoms. The average Bonchev–Trinajstić information content (AvgIpc) is 2.96. The van der Waals surface area contributed by atoms with E-state index in [1.54, 1.807) is 6.08 Å². The number of allylic oxidation sites excluding steroid dienone is 1. The zero-order valence-corrected chi connectivity index (χ0v) is 14.7. The van der Waals surface area contributed by atoms with E-state index in [-0.39, 0.29) is 11.8 Å². The topological polar surface area (TPSA) is 46.5 Å². The van der Waals surface area contributed by atoms with Gasteiger partial charge in [-0.25, -0.2) is 4.79 Å². The molecule has 1 aliphatic rings. The lowest BCUT2D eigenvalue weighted by Crippen LogP contribution is -2.11. The van der Waals surface area contributed by atoms with Gasteiger partial charge in [-0.05, 0) is 54.9 Å². The van der Waals surface area contributed by atoms with Crippen LogP contribution in [0.3, 0.4) is 0 Å². The fourth-order valence-electron chi connectivity index (χ4n) is 3.80. The van der Waals surface area contributed by atoms with E-state index in [2.05, 4.69) is 24.3 Å². The number of benzene rings is 2. The third-order valence-corrected chi connectivity index (χ3v) is 5.01. The van der Waals surface area contributed by atoms with Crippen molar-refractivity contribution < 1.29 is 14.6 Å².